The number of rotatable bonds is 2. The molecule has 0 unspecified atom stereocenters. The first-order valence-corrected chi connectivity index (χ1v) is 8.62. The van der Waals surface area contributed by atoms with Crippen molar-refractivity contribution in [3.05, 3.63) is 81.9 Å². The molecular weight excluding hydrogens is 348 g/mol. The van der Waals surface area contributed by atoms with Gasteiger partial charge < -0.3 is 9.52 Å². The van der Waals surface area contributed by atoms with Crippen LogP contribution in [0.2, 0.25) is 5.02 Å². The van der Waals surface area contributed by atoms with E-state index in [1.165, 1.54) is 0 Å². The van der Waals surface area contributed by atoms with Crippen LogP contribution in [0.3, 0.4) is 0 Å². The molecule has 126 valence electrons. The Morgan fingerprint density at radius 3 is 2.23 bits per heavy atom. The molecule has 4 heteroatoms. The van der Waals surface area contributed by atoms with Crippen molar-refractivity contribution in [2.45, 2.75) is 6.92 Å². The van der Waals surface area contributed by atoms with Gasteiger partial charge >= 0.3 is 0 Å². The van der Waals surface area contributed by atoms with Gasteiger partial charge in [-0.05, 0) is 59.5 Å². The molecule has 1 N–H and O–H groups in total. The first-order valence-electron chi connectivity index (χ1n) is 8.25. The van der Waals surface area contributed by atoms with Gasteiger partial charge in [0, 0.05) is 5.02 Å². The second kappa shape index (κ2) is 5.23. The Kier molecular flexibility index (Phi) is 3.06. The lowest BCUT2D eigenvalue weighted by Crippen LogP contribution is -2.00. The molecule has 0 atom stereocenters. The first kappa shape index (κ1) is 15.2. The Morgan fingerprint density at radius 1 is 0.885 bits per heavy atom. The van der Waals surface area contributed by atoms with Gasteiger partial charge in [0.1, 0.15) is 16.9 Å². The van der Waals surface area contributed by atoms with E-state index in [2.05, 4.69) is 0 Å². The number of halogens is 1. The Morgan fingerprint density at radius 2 is 1.54 bits per heavy atom. The largest absolute Gasteiger partial charge is 0.506 e. The van der Waals surface area contributed by atoms with E-state index in [1.807, 2.05) is 49.4 Å². The molecular formula is C22H13ClO3. The minimum Gasteiger partial charge on any atom is -0.506 e. The topological polar surface area (TPSA) is 50.4 Å². The van der Waals surface area contributed by atoms with Gasteiger partial charge in [0.25, 0.3) is 0 Å². The third-order valence-electron chi connectivity index (χ3n) is 4.96. The molecule has 3 nitrogen and oxygen atoms in total. The van der Waals surface area contributed by atoms with Crippen molar-refractivity contribution in [2.24, 2.45) is 0 Å². The minimum absolute atomic E-state index is 0.00398. The van der Waals surface area contributed by atoms with E-state index >= 15 is 0 Å². The van der Waals surface area contributed by atoms with E-state index in [0.29, 0.717) is 32.9 Å². The molecule has 0 saturated carbocycles. The quantitative estimate of drug-likeness (QED) is 0.468. The third kappa shape index (κ3) is 1.98. The summed E-state index contributed by atoms with van der Waals surface area (Å²) in [6.45, 7) is 1.93. The van der Waals surface area contributed by atoms with E-state index in [0.717, 1.165) is 22.3 Å². The minimum atomic E-state index is -0.191. The van der Waals surface area contributed by atoms with Gasteiger partial charge in [0.2, 0.25) is 5.78 Å². The first-order chi connectivity index (χ1) is 12.5. The summed E-state index contributed by atoms with van der Waals surface area (Å²) in [4.78, 5) is 13.0. The average molecular weight is 361 g/mol. The number of benzene rings is 3. The number of furan rings is 2. The predicted octanol–water partition coefficient (Wildman–Crippen LogP) is 6.12. The second-order valence-electron chi connectivity index (χ2n) is 6.50. The fourth-order valence-electron chi connectivity index (χ4n) is 3.63. The second-order valence-corrected chi connectivity index (χ2v) is 6.94. The number of aliphatic hydroxyl groups excluding tert-OH is 1. The van der Waals surface area contributed by atoms with Gasteiger partial charge in [-0.3, -0.25) is 4.79 Å². The third-order valence-corrected chi connectivity index (χ3v) is 5.21. The van der Waals surface area contributed by atoms with E-state index in [-0.39, 0.29) is 11.5 Å². The molecule has 0 amide bonds. The predicted molar refractivity (Wildman–Crippen MR) is 103 cm³/mol. The molecule has 0 saturated heterocycles. The lowest BCUT2D eigenvalue weighted by atomic mass is 9.93. The normalized spacial score (nSPS) is 13.8. The summed E-state index contributed by atoms with van der Waals surface area (Å²) >= 11 is 5.97. The maximum Gasteiger partial charge on any atom is 0.202 e. The fourth-order valence-corrected chi connectivity index (χ4v) is 3.76. The van der Waals surface area contributed by atoms with Crippen LogP contribution in [0.4, 0.5) is 0 Å². The highest BCUT2D eigenvalue weighted by Crippen LogP contribution is 2.45. The van der Waals surface area contributed by atoms with Crippen LogP contribution in [0.5, 0.6) is 0 Å². The average Bonchev–Trinajstić information content (AvgIpc) is 3.31. The molecule has 0 radical (unpaired) electrons. The van der Waals surface area contributed by atoms with Crippen molar-refractivity contribution in [1.82, 2.24) is 0 Å². The molecule has 2 aromatic heterocycles. The number of hydrogen-bond acceptors (Lipinski definition) is 3. The van der Waals surface area contributed by atoms with Gasteiger partial charge in [-0.1, -0.05) is 35.9 Å². The van der Waals surface area contributed by atoms with Crippen molar-refractivity contribution in [1.29, 1.82) is 0 Å². The lowest BCUT2D eigenvalue weighted by molar-refractivity contribution is 0.106. The van der Waals surface area contributed by atoms with Crippen LogP contribution in [0, 0.1) is 6.92 Å². The van der Waals surface area contributed by atoms with Crippen molar-refractivity contribution in [2.75, 3.05) is 0 Å². The number of fused-ring (bicyclic) bond motifs is 5. The zero-order valence-electron chi connectivity index (χ0n) is 13.8. The number of ketones is 1. The van der Waals surface area contributed by atoms with Crippen LogP contribution in [0.15, 0.2) is 59.0 Å². The Labute approximate surface area is 154 Å². The molecule has 2 aromatic carbocycles. The van der Waals surface area contributed by atoms with Gasteiger partial charge in [-0.2, -0.15) is 0 Å². The molecule has 4 aromatic rings. The van der Waals surface area contributed by atoms with Crippen LogP contribution in [0.25, 0.3) is 33.6 Å². The molecule has 0 spiro atoms. The molecule has 2 heterocycles. The van der Waals surface area contributed by atoms with Crippen molar-refractivity contribution in [3.8, 4) is 11.1 Å². The highest BCUT2D eigenvalue weighted by atomic mass is 35.5. The number of aliphatic hydroxyl groups is 1. The summed E-state index contributed by atoms with van der Waals surface area (Å²) in [5.74, 6) is -0.195. The summed E-state index contributed by atoms with van der Waals surface area (Å²) in [5.41, 5.74) is 5.99. The molecule has 0 fully saturated rings. The maximum atomic E-state index is 13.0. The van der Waals surface area contributed by atoms with E-state index < -0.39 is 0 Å². The van der Waals surface area contributed by atoms with E-state index in [9.17, 15) is 9.90 Å². The smallest absolute Gasteiger partial charge is 0.202 e. The van der Waals surface area contributed by atoms with Gasteiger partial charge in [-0.15, -0.1) is 0 Å². The zero-order chi connectivity index (χ0) is 18.0. The monoisotopic (exact) mass is 360 g/mol. The molecule has 0 aliphatic heterocycles. The van der Waals surface area contributed by atoms with Gasteiger partial charge in [-0.25, -0.2) is 0 Å². The van der Waals surface area contributed by atoms with Gasteiger partial charge in [0.15, 0.2) is 0 Å². The van der Waals surface area contributed by atoms with Crippen LogP contribution < -0.4 is 0 Å². The molecule has 1 aliphatic carbocycles. The number of aryl methyl sites for hydroxylation is 1. The highest BCUT2D eigenvalue weighted by Gasteiger charge is 2.37. The van der Waals surface area contributed by atoms with Crippen molar-refractivity contribution >= 4 is 39.9 Å². The summed E-state index contributed by atoms with van der Waals surface area (Å²) < 4.78 is 5.52. The van der Waals surface area contributed by atoms with Crippen LogP contribution in [-0.2, 0) is 0 Å². The van der Waals surface area contributed by atoms with Crippen LogP contribution in [0.1, 0.15) is 27.0 Å². The Bertz CT molecular complexity index is 1210. The number of carbonyl (C=O) groups is 1. The Balaban J connectivity index is 1.69. The Hall–Kier alpha value is -3.04. The number of Topliss-reactive ketones (excluding diaryl/α,β-unsaturated/α-hetero) is 1. The molecule has 1 aliphatic rings. The van der Waals surface area contributed by atoms with Crippen molar-refractivity contribution in [3.63, 3.8) is 0 Å². The summed E-state index contributed by atoms with van der Waals surface area (Å²) in [6.07, 6.45) is 0. The molecule has 2 bridgehead atoms. The summed E-state index contributed by atoms with van der Waals surface area (Å²) in [7, 11) is 0. The van der Waals surface area contributed by atoms with Gasteiger partial charge in [0.05, 0.1) is 16.7 Å². The maximum absolute atomic E-state index is 13.0. The summed E-state index contributed by atoms with van der Waals surface area (Å²) in [6, 6.07) is 17.0. The van der Waals surface area contributed by atoms with E-state index in [1.54, 1.807) is 12.1 Å². The number of allylic oxidation sites excluding steroid dienone is 1. The molecule has 26 heavy (non-hydrogen) atoms. The van der Waals surface area contributed by atoms with Crippen LogP contribution in [-0.4, -0.2) is 10.9 Å². The van der Waals surface area contributed by atoms with Crippen molar-refractivity contribution < 1.29 is 14.3 Å². The fraction of sp³-hybridized carbons (Fsp3) is 0.0455. The molecule has 5 rings (SSSR count). The lowest BCUT2D eigenvalue weighted by Gasteiger charge is -2.10. The van der Waals surface area contributed by atoms with Crippen LogP contribution >= 0.6 is 11.6 Å². The summed E-state index contributed by atoms with van der Waals surface area (Å²) in [5, 5.41) is 11.4. The van der Waals surface area contributed by atoms with E-state index in [4.69, 9.17) is 16.0 Å². The number of carbonyl (C=O) groups excluding carboxylic acids is 1. The standard InChI is InChI=1S/C22H13ClO3/c1-11-2-3-13(12-4-6-14(23)7-5-12)10-15(11)18-21(24)19-16-8-9-17(26-16)20(19)22(18)25/h2-10,24H,1H3. The zero-order valence-corrected chi connectivity index (χ0v) is 14.6. The number of hydrogen-bond donors (Lipinski definition) is 1. The highest BCUT2D eigenvalue weighted by molar-refractivity contribution is 6.42. The SMILES string of the molecule is Cc1ccc(-c2ccc(Cl)cc2)cc1C1=C(O)c2c(c3ccc2o3)C1=O.